The van der Waals surface area contributed by atoms with Gasteiger partial charge < -0.3 is 5.32 Å². The normalized spacial score (nSPS) is 10.1. The van der Waals surface area contributed by atoms with E-state index >= 15 is 0 Å². The SMILES string of the molecule is O=C(NCCc1cccs1)n1ccnc1. The quantitative estimate of drug-likeness (QED) is 0.858. The number of amides is 1. The molecule has 0 saturated heterocycles. The van der Waals surface area contributed by atoms with Crippen molar-refractivity contribution in [1.29, 1.82) is 0 Å². The van der Waals surface area contributed by atoms with Crippen LogP contribution in [0.3, 0.4) is 0 Å². The smallest absolute Gasteiger partial charge is 0.326 e. The van der Waals surface area contributed by atoms with E-state index in [4.69, 9.17) is 0 Å². The molecule has 2 heterocycles. The molecule has 78 valence electrons. The largest absolute Gasteiger partial charge is 0.337 e. The van der Waals surface area contributed by atoms with Crippen LogP contribution in [0, 0.1) is 0 Å². The van der Waals surface area contributed by atoms with Gasteiger partial charge in [-0.25, -0.2) is 9.78 Å². The molecule has 0 bridgehead atoms. The molecule has 0 radical (unpaired) electrons. The summed E-state index contributed by atoms with van der Waals surface area (Å²) in [4.78, 5) is 16.5. The Kier molecular flexibility index (Phi) is 3.14. The Labute approximate surface area is 91.6 Å². The number of aromatic nitrogens is 2. The van der Waals surface area contributed by atoms with Gasteiger partial charge in [-0.3, -0.25) is 4.57 Å². The zero-order chi connectivity index (χ0) is 10.5. The Morgan fingerprint density at radius 2 is 2.53 bits per heavy atom. The third kappa shape index (κ3) is 2.66. The van der Waals surface area contributed by atoms with E-state index in [2.05, 4.69) is 16.4 Å². The Balaban J connectivity index is 1.77. The number of carbonyl (C=O) groups excluding carboxylic acids is 1. The molecule has 1 N–H and O–H groups in total. The zero-order valence-electron chi connectivity index (χ0n) is 8.09. The first-order valence-electron chi connectivity index (χ1n) is 4.65. The van der Waals surface area contributed by atoms with Crippen LogP contribution in [-0.2, 0) is 6.42 Å². The fourth-order valence-electron chi connectivity index (χ4n) is 1.22. The van der Waals surface area contributed by atoms with E-state index in [9.17, 15) is 4.79 Å². The maximum absolute atomic E-state index is 11.4. The standard InChI is InChI=1S/C10H11N3OS/c14-10(13-6-5-11-8-13)12-4-3-9-2-1-7-15-9/h1-2,5-8H,3-4H2,(H,12,14). The van der Waals surface area contributed by atoms with Crippen LogP contribution in [0.25, 0.3) is 0 Å². The first-order valence-corrected chi connectivity index (χ1v) is 5.53. The van der Waals surface area contributed by atoms with Crippen LogP contribution in [0.15, 0.2) is 36.2 Å². The lowest BCUT2D eigenvalue weighted by Gasteiger charge is -2.03. The number of nitrogens with zero attached hydrogens (tertiary/aromatic N) is 2. The maximum atomic E-state index is 11.4. The summed E-state index contributed by atoms with van der Waals surface area (Å²) in [6.07, 6.45) is 5.57. The minimum atomic E-state index is -0.135. The van der Waals surface area contributed by atoms with Gasteiger partial charge in [-0.1, -0.05) is 6.07 Å². The lowest BCUT2D eigenvalue weighted by atomic mass is 10.3. The lowest BCUT2D eigenvalue weighted by molar-refractivity contribution is 0.242. The molecular formula is C10H11N3OS. The topological polar surface area (TPSA) is 46.9 Å². The van der Waals surface area contributed by atoms with Gasteiger partial charge in [0.2, 0.25) is 0 Å². The third-order valence-electron chi connectivity index (χ3n) is 1.97. The molecule has 5 heteroatoms. The van der Waals surface area contributed by atoms with Gasteiger partial charge in [0, 0.05) is 23.8 Å². The van der Waals surface area contributed by atoms with Crippen molar-refractivity contribution in [2.75, 3.05) is 6.54 Å². The fourth-order valence-corrected chi connectivity index (χ4v) is 1.93. The van der Waals surface area contributed by atoms with Crippen molar-refractivity contribution in [3.63, 3.8) is 0 Å². The molecule has 0 unspecified atom stereocenters. The molecule has 0 aliphatic carbocycles. The van der Waals surface area contributed by atoms with Gasteiger partial charge in [0.25, 0.3) is 0 Å². The highest BCUT2D eigenvalue weighted by molar-refractivity contribution is 7.09. The maximum Gasteiger partial charge on any atom is 0.326 e. The molecular weight excluding hydrogens is 210 g/mol. The number of imidazole rings is 1. The van der Waals surface area contributed by atoms with Crippen LogP contribution >= 0.6 is 11.3 Å². The molecule has 0 aromatic carbocycles. The first-order chi connectivity index (χ1) is 7.36. The summed E-state index contributed by atoms with van der Waals surface area (Å²) < 4.78 is 1.43. The van der Waals surface area contributed by atoms with Crippen molar-refractivity contribution in [3.8, 4) is 0 Å². The van der Waals surface area contributed by atoms with Gasteiger partial charge in [0.15, 0.2) is 0 Å². The molecule has 15 heavy (non-hydrogen) atoms. The summed E-state index contributed by atoms with van der Waals surface area (Å²) >= 11 is 1.70. The second-order valence-electron chi connectivity index (χ2n) is 3.03. The van der Waals surface area contributed by atoms with Crippen molar-refractivity contribution >= 4 is 17.4 Å². The fraction of sp³-hybridized carbons (Fsp3) is 0.200. The predicted molar refractivity (Wildman–Crippen MR) is 59.0 cm³/mol. The van der Waals surface area contributed by atoms with Crippen molar-refractivity contribution in [2.45, 2.75) is 6.42 Å². The van der Waals surface area contributed by atoms with Gasteiger partial charge >= 0.3 is 6.03 Å². The summed E-state index contributed by atoms with van der Waals surface area (Å²) in [6, 6.07) is 3.94. The summed E-state index contributed by atoms with van der Waals surface area (Å²) in [5.74, 6) is 0. The van der Waals surface area contributed by atoms with E-state index in [-0.39, 0.29) is 6.03 Å². The van der Waals surface area contributed by atoms with Crippen molar-refractivity contribution in [3.05, 3.63) is 41.1 Å². The minimum Gasteiger partial charge on any atom is -0.337 e. The van der Waals surface area contributed by atoms with Crippen molar-refractivity contribution in [2.24, 2.45) is 0 Å². The Hall–Kier alpha value is -1.62. The minimum absolute atomic E-state index is 0.135. The van der Waals surface area contributed by atoms with Crippen molar-refractivity contribution < 1.29 is 4.79 Å². The van der Waals surface area contributed by atoms with Crippen LogP contribution in [0.4, 0.5) is 4.79 Å². The van der Waals surface area contributed by atoms with Crippen molar-refractivity contribution in [1.82, 2.24) is 14.9 Å². The highest BCUT2D eigenvalue weighted by Crippen LogP contribution is 2.07. The molecule has 0 aliphatic rings. The molecule has 2 rings (SSSR count). The van der Waals surface area contributed by atoms with Gasteiger partial charge in [-0.05, 0) is 17.9 Å². The summed E-state index contributed by atoms with van der Waals surface area (Å²) in [5, 5.41) is 4.85. The van der Waals surface area contributed by atoms with E-state index in [1.54, 1.807) is 23.7 Å². The van der Waals surface area contributed by atoms with E-state index in [1.807, 2.05) is 11.4 Å². The predicted octanol–water partition coefficient (Wildman–Crippen LogP) is 1.75. The number of hydrogen-bond donors (Lipinski definition) is 1. The highest BCUT2D eigenvalue weighted by Gasteiger charge is 2.01. The van der Waals surface area contributed by atoms with E-state index in [1.165, 1.54) is 15.8 Å². The number of carbonyl (C=O) groups is 1. The Bertz CT molecular complexity index is 408. The molecule has 0 saturated carbocycles. The lowest BCUT2D eigenvalue weighted by Crippen LogP contribution is -2.29. The monoisotopic (exact) mass is 221 g/mol. The second kappa shape index (κ2) is 4.75. The van der Waals surface area contributed by atoms with E-state index < -0.39 is 0 Å². The van der Waals surface area contributed by atoms with Gasteiger partial charge in [-0.2, -0.15) is 0 Å². The van der Waals surface area contributed by atoms with Crippen LogP contribution in [0.1, 0.15) is 4.88 Å². The molecule has 0 spiro atoms. The average molecular weight is 221 g/mol. The summed E-state index contributed by atoms with van der Waals surface area (Å²) in [5.41, 5.74) is 0. The Morgan fingerprint density at radius 3 is 3.20 bits per heavy atom. The average Bonchev–Trinajstić information content (AvgIpc) is 2.90. The number of rotatable bonds is 3. The first kappa shape index (κ1) is 9.92. The van der Waals surface area contributed by atoms with Gasteiger partial charge in [0.05, 0.1) is 0 Å². The summed E-state index contributed by atoms with van der Waals surface area (Å²) in [7, 11) is 0. The zero-order valence-corrected chi connectivity index (χ0v) is 8.91. The number of thiophene rings is 1. The van der Waals surface area contributed by atoms with Gasteiger partial charge in [-0.15, -0.1) is 11.3 Å². The summed E-state index contributed by atoms with van der Waals surface area (Å²) in [6.45, 7) is 0.650. The Morgan fingerprint density at radius 1 is 1.60 bits per heavy atom. The molecule has 0 aliphatic heterocycles. The van der Waals surface area contributed by atoms with Crippen LogP contribution in [0.2, 0.25) is 0 Å². The highest BCUT2D eigenvalue weighted by atomic mass is 32.1. The second-order valence-corrected chi connectivity index (χ2v) is 4.06. The van der Waals surface area contributed by atoms with Gasteiger partial charge in [0.1, 0.15) is 6.33 Å². The molecule has 2 aromatic rings. The number of nitrogens with one attached hydrogen (secondary N) is 1. The van der Waals surface area contributed by atoms with Crippen LogP contribution in [-0.4, -0.2) is 22.1 Å². The molecule has 4 nitrogen and oxygen atoms in total. The van der Waals surface area contributed by atoms with Crippen LogP contribution in [0.5, 0.6) is 0 Å². The van der Waals surface area contributed by atoms with Crippen LogP contribution < -0.4 is 5.32 Å². The molecule has 1 amide bonds. The van der Waals surface area contributed by atoms with E-state index in [0.717, 1.165) is 6.42 Å². The molecule has 2 aromatic heterocycles. The third-order valence-corrected chi connectivity index (χ3v) is 2.90. The number of hydrogen-bond acceptors (Lipinski definition) is 3. The molecule has 0 atom stereocenters. The molecule has 0 fully saturated rings. The van der Waals surface area contributed by atoms with E-state index in [0.29, 0.717) is 6.54 Å².